The molecule has 1 N–H and O–H groups in total. The molecule has 100 valence electrons. The maximum absolute atomic E-state index is 13.2. The summed E-state index contributed by atoms with van der Waals surface area (Å²) in [6.45, 7) is -1.58. The minimum Gasteiger partial charge on any atom is -0.395 e. The summed E-state index contributed by atoms with van der Waals surface area (Å²) in [4.78, 5) is 12.6. The molecule has 0 fully saturated rings. The summed E-state index contributed by atoms with van der Waals surface area (Å²) in [6, 6.07) is 3.56. The van der Waals surface area contributed by atoms with Crippen LogP contribution in [0.15, 0.2) is 18.2 Å². The van der Waals surface area contributed by atoms with Crippen LogP contribution in [0.5, 0.6) is 0 Å². The SMILES string of the molecule is O=C(c1cccc(F)c1Cl)N(CCO)CC(F)F. The van der Waals surface area contributed by atoms with Gasteiger partial charge in [0, 0.05) is 6.54 Å². The van der Waals surface area contributed by atoms with Crippen molar-refractivity contribution in [1.29, 1.82) is 0 Å². The van der Waals surface area contributed by atoms with Gasteiger partial charge in [-0.25, -0.2) is 13.2 Å². The number of benzene rings is 1. The summed E-state index contributed by atoms with van der Waals surface area (Å²) in [7, 11) is 0. The van der Waals surface area contributed by atoms with Gasteiger partial charge in [0.1, 0.15) is 5.82 Å². The zero-order valence-corrected chi connectivity index (χ0v) is 10.0. The minimum absolute atomic E-state index is 0.203. The Balaban J connectivity index is 2.98. The molecule has 0 aliphatic heterocycles. The lowest BCUT2D eigenvalue weighted by Crippen LogP contribution is -2.37. The predicted octanol–water partition coefficient (Wildman–Crippen LogP) is 2.18. The summed E-state index contributed by atoms with van der Waals surface area (Å²) in [6.07, 6.45) is -2.74. The number of hydrogen-bond acceptors (Lipinski definition) is 2. The van der Waals surface area contributed by atoms with Crippen LogP contribution in [-0.4, -0.2) is 42.0 Å². The third-order valence-corrected chi connectivity index (χ3v) is 2.58. The number of halogens is 4. The molecule has 0 saturated carbocycles. The normalized spacial score (nSPS) is 10.8. The van der Waals surface area contributed by atoms with Gasteiger partial charge in [-0.3, -0.25) is 4.79 Å². The summed E-state index contributed by atoms with van der Waals surface area (Å²) in [5.41, 5.74) is -0.203. The fraction of sp³-hybridized carbons (Fsp3) is 0.364. The van der Waals surface area contributed by atoms with Crippen LogP contribution in [0.4, 0.5) is 13.2 Å². The molecule has 0 aromatic heterocycles. The quantitative estimate of drug-likeness (QED) is 0.899. The average Bonchev–Trinajstić information content (AvgIpc) is 2.31. The Labute approximate surface area is 107 Å². The van der Waals surface area contributed by atoms with Gasteiger partial charge < -0.3 is 10.0 Å². The van der Waals surface area contributed by atoms with Crippen molar-refractivity contribution in [2.24, 2.45) is 0 Å². The van der Waals surface area contributed by atoms with Crippen molar-refractivity contribution in [3.8, 4) is 0 Å². The number of aliphatic hydroxyl groups excluding tert-OH is 1. The van der Waals surface area contributed by atoms with Gasteiger partial charge in [0.05, 0.1) is 23.7 Å². The number of rotatable bonds is 5. The van der Waals surface area contributed by atoms with Crippen molar-refractivity contribution < 1.29 is 23.1 Å². The Kier molecular flexibility index (Phi) is 5.43. The Morgan fingerprint density at radius 1 is 1.44 bits per heavy atom. The molecule has 1 amide bonds. The van der Waals surface area contributed by atoms with E-state index >= 15 is 0 Å². The molecule has 0 spiro atoms. The Morgan fingerprint density at radius 3 is 2.67 bits per heavy atom. The monoisotopic (exact) mass is 281 g/mol. The van der Waals surface area contributed by atoms with E-state index in [0.29, 0.717) is 0 Å². The van der Waals surface area contributed by atoms with Crippen LogP contribution in [0.3, 0.4) is 0 Å². The van der Waals surface area contributed by atoms with Gasteiger partial charge in [0.15, 0.2) is 0 Å². The highest BCUT2D eigenvalue weighted by Gasteiger charge is 2.22. The Morgan fingerprint density at radius 2 is 2.11 bits per heavy atom. The van der Waals surface area contributed by atoms with Gasteiger partial charge in [0.25, 0.3) is 12.3 Å². The van der Waals surface area contributed by atoms with Crippen LogP contribution in [0.25, 0.3) is 0 Å². The molecule has 0 aliphatic carbocycles. The van der Waals surface area contributed by atoms with E-state index in [4.69, 9.17) is 16.7 Å². The van der Waals surface area contributed by atoms with Gasteiger partial charge in [-0.05, 0) is 12.1 Å². The fourth-order valence-electron chi connectivity index (χ4n) is 1.40. The lowest BCUT2D eigenvalue weighted by atomic mass is 10.2. The number of carbonyl (C=O) groups is 1. The molecule has 0 saturated heterocycles. The molecule has 18 heavy (non-hydrogen) atoms. The molecular formula is C11H11ClF3NO2. The number of alkyl halides is 2. The van der Waals surface area contributed by atoms with E-state index in [-0.39, 0.29) is 12.1 Å². The standard InChI is InChI=1S/C11H11ClF3NO2/c12-10-7(2-1-3-8(10)13)11(18)16(4-5-17)6-9(14)15/h1-3,9,17H,4-6H2. The molecule has 0 atom stereocenters. The highest BCUT2D eigenvalue weighted by Crippen LogP contribution is 2.21. The first-order valence-corrected chi connectivity index (χ1v) is 5.47. The zero-order valence-electron chi connectivity index (χ0n) is 9.25. The molecule has 1 aromatic rings. The highest BCUT2D eigenvalue weighted by molar-refractivity contribution is 6.34. The zero-order chi connectivity index (χ0) is 13.7. The average molecular weight is 282 g/mol. The van der Waals surface area contributed by atoms with Crippen LogP contribution in [0.2, 0.25) is 5.02 Å². The summed E-state index contributed by atoms with van der Waals surface area (Å²) in [5.74, 6) is -1.64. The van der Waals surface area contributed by atoms with Crippen molar-refractivity contribution in [2.75, 3.05) is 19.7 Å². The molecule has 0 aliphatic rings. The van der Waals surface area contributed by atoms with E-state index in [0.717, 1.165) is 11.0 Å². The smallest absolute Gasteiger partial charge is 0.255 e. The second-order valence-electron chi connectivity index (χ2n) is 3.47. The van der Waals surface area contributed by atoms with Crippen molar-refractivity contribution in [3.63, 3.8) is 0 Å². The second-order valence-corrected chi connectivity index (χ2v) is 3.85. The first-order valence-electron chi connectivity index (χ1n) is 5.09. The Bertz CT molecular complexity index is 429. The van der Waals surface area contributed by atoms with E-state index < -0.39 is 36.3 Å². The molecule has 1 aromatic carbocycles. The third-order valence-electron chi connectivity index (χ3n) is 2.20. The van der Waals surface area contributed by atoms with Crippen LogP contribution >= 0.6 is 11.6 Å². The number of nitrogens with zero attached hydrogens (tertiary/aromatic N) is 1. The number of aliphatic hydroxyl groups is 1. The number of amides is 1. The lowest BCUT2D eigenvalue weighted by Gasteiger charge is -2.21. The van der Waals surface area contributed by atoms with Gasteiger partial charge in [-0.1, -0.05) is 17.7 Å². The van der Waals surface area contributed by atoms with Crippen LogP contribution in [-0.2, 0) is 0 Å². The van der Waals surface area contributed by atoms with E-state index in [1.807, 2.05) is 0 Å². The van der Waals surface area contributed by atoms with Crippen LogP contribution < -0.4 is 0 Å². The molecule has 0 radical (unpaired) electrons. The largest absolute Gasteiger partial charge is 0.395 e. The maximum Gasteiger partial charge on any atom is 0.255 e. The molecule has 0 heterocycles. The minimum atomic E-state index is -2.74. The molecule has 3 nitrogen and oxygen atoms in total. The molecular weight excluding hydrogens is 271 g/mol. The topological polar surface area (TPSA) is 40.5 Å². The first-order chi connectivity index (χ1) is 8.47. The Hall–Kier alpha value is -1.27. The van der Waals surface area contributed by atoms with E-state index in [1.165, 1.54) is 12.1 Å². The van der Waals surface area contributed by atoms with Gasteiger partial charge >= 0.3 is 0 Å². The first kappa shape index (κ1) is 14.8. The predicted molar refractivity (Wildman–Crippen MR) is 60.4 cm³/mol. The van der Waals surface area contributed by atoms with Crippen LogP contribution in [0, 0.1) is 5.82 Å². The number of carbonyl (C=O) groups excluding carboxylic acids is 1. The molecule has 1 rings (SSSR count). The van der Waals surface area contributed by atoms with Crippen molar-refractivity contribution in [3.05, 3.63) is 34.6 Å². The van der Waals surface area contributed by atoms with Crippen LogP contribution in [0.1, 0.15) is 10.4 Å². The van der Waals surface area contributed by atoms with E-state index in [2.05, 4.69) is 0 Å². The maximum atomic E-state index is 13.2. The van der Waals surface area contributed by atoms with Gasteiger partial charge in [-0.15, -0.1) is 0 Å². The molecule has 0 unspecified atom stereocenters. The molecule has 0 bridgehead atoms. The van der Waals surface area contributed by atoms with Gasteiger partial charge in [-0.2, -0.15) is 0 Å². The summed E-state index contributed by atoms with van der Waals surface area (Å²) < 4.78 is 37.7. The number of hydrogen-bond donors (Lipinski definition) is 1. The second kappa shape index (κ2) is 6.61. The summed E-state index contributed by atoms with van der Waals surface area (Å²) >= 11 is 5.60. The van der Waals surface area contributed by atoms with Gasteiger partial charge in [0.2, 0.25) is 0 Å². The van der Waals surface area contributed by atoms with E-state index in [1.54, 1.807) is 0 Å². The third kappa shape index (κ3) is 3.61. The summed E-state index contributed by atoms with van der Waals surface area (Å²) in [5, 5.41) is 8.31. The van der Waals surface area contributed by atoms with Crippen molar-refractivity contribution in [2.45, 2.75) is 6.43 Å². The van der Waals surface area contributed by atoms with Crippen molar-refractivity contribution in [1.82, 2.24) is 4.90 Å². The lowest BCUT2D eigenvalue weighted by molar-refractivity contribution is 0.0509. The fourth-order valence-corrected chi connectivity index (χ4v) is 1.61. The molecule has 7 heteroatoms. The van der Waals surface area contributed by atoms with E-state index in [9.17, 15) is 18.0 Å². The highest BCUT2D eigenvalue weighted by atomic mass is 35.5. The van der Waals surface area contributed by atoms with Crippen molar-refractivity contribution >= 4 is 17.5 Å².